The van der Waals surface area contributed by atoms with Crippen molar-refractivity contribution in [2.24, 2.45) is 0 Å². The van der Waals surface area contributed by atoms with E-state index in [1.165, 1.54) is 24.3 Å². The van der Waals surface area contributed by atoms with Gasteiger partial charge in [-0.2, -0.15) is 0 Å². The van der Waals surface area contributed by atoms with Gasteiger partial charge in [0.1, 0.15) is 18.1 Å². The number of benzene rings is 1. The Morgan fingerprint density at radius 2 is 2.18 bits per heavy atom. The van der Waals surface area contributed by atoms with Crippen LogP contribution >= 0.6 is 0 Å². The van der Waals surface area contributed by atoms with Gasteiger partial charge >= 0.3 is 5.97 Å². The van der Waals surface area contributed by atoms with E-state index in [0.717, 1.165) is 0 Å². The van der Waals surface area contributed by atoms with Crippen LogP contribution in [0, 0.1) is 0 Å². The normalized spacial score (nSPS) is 10.4. The van der Waals surface area contributed by atoms with Crippen molar-refractivity contribution < 1.29 is 23.9 Å². The Kier molecular flexibility index (Phi) is 2.78. The summed E-state index contributed by atoms with van der Waals surface area (Å²) in [5.41, 5.74) is 0.740. The molecule has 0 unspecified atom stereocenters. The summed E-state index contributed by atoms with van der Waals surface area (Å²) >= 11 is 0. The van der Waals surface area contributed by atoms with E-state index < -0.39 is 12.6 Å². The van der Waals surface area contributed by atoms with E-state index in [1.807, 2.05) is 0 Å². The lowest BCUT2D eigenvalue weighted by Crippen LogP contribution is -1.91. The number of carboxylic acid groups (broad SMARTS) is 1. The van der Waals surface area contributed by atoms with Gasteiger partial charge in [-0.3, -0.25) is 0 Å². The maximum atomic E-state index is 12.5. The molecule has 0 saturated carbocycles. The minimum Gasteiger partial charge on any atom is -0.507 e. The molecule has 0 bridgehead atoms. The van der Waals surface area contributed by atoms with Crippen LogP contribution in [-0.2, 0) is 6.67 Å². The van der Waals surface area contributed by atoms with Crippen LogP contribution in [0.2, 0.25) is 0 Å². The number of carboxylic acids is 1. The fourth-order valence-electron chi connectivity index (χ4n) is 1.37. The molecule has 17 heavy (non-hydrogen) atoms. The summed E-state index contributed by atoms with van der Waals surface area (Å²) < 4.78 is 17.0. The van der Waals surface area contributed by atoms with Crippen LogP contribution in [0.25, 0.3) is 11.3 Å². The predicted octanol–water partition coefficient (Wildman–Crippen LogP) is 2.21. The van der Waals surface area contributed by atoms with Gasteiger partial charge < -0.3 is 14.7 Å². The number of rotatable bonds is 3. The molecule has 2 aromatic rings. The van der Waals surface area contributed by atoms with Gasteiger partial charge in [0.05, 0.1) is 0 Å². The van der Waals surface area contributed by atoms with Crippen molar-refractivity contribution in [3.63, 3.8) is 0 Å². The first-order valence-corrected chi connectivity index (χ1v) is 4.70. The van der Waals surface area contributed by atoms with Crippen LogP contribution in [-0.4, -0.2) is 21.3 Å². The first kappa shape index (κ1) is 11.1. The van der Waals surface area contributed by atoms with E-state index in [1.54, 1.807) is 0 Å². The lowest BCUT2D eigenvalue weighted by Gasteiger charge is -2.01. The summed E-state index contributed by atoms with van der Waals surface area (Å²) in [6, 6.07) is 5.30. The van der Waals surface area contributed by atoms with Crippen molar-refractivity contribution in [2.75, 3.05) is 0 Å². The topological polar surface area (TPSA) is 83.6 Å². The minimum absolute atomic E-state index is 0.118. The largest absolute Gasteiger partial charge is 0.507 e. The molecule has 0 aliphatic rings. The minimum atomic E-state index is -1.26. The zero-order valence-electron chi connectivity index (χ0n) is 8.55. The number of nitrogens with zero attached hydrogens (tertiary/aromatic N) is 1. The molecule has 1 aromatic heterocycles. The molecule has 2 rings (SSSR count). The molecule has 1 heterocycles. The summed E-state index contributed by atoms with van der Waals surface area (Å²) in [6.07, 6.45) is 0. The van der Waals surface area contributed by atoms with Gasteiger partial charge in [0.15, 0.2) is 0 Å². The number of hydrogen-bond acceptors (Lipinski definition) is 4. The fourth-order valence-corrected chi connectivity index (χ4v) is 1.37. The number of halogens is 1. The average Bonchev–Trinajstić information content (AvgIpc) is 2.79. The second-order valence-corrected chi connectivity index (χ2v) is 3.37. The van der Waals surface area contributed by atoms with E-state index in [0.29, 0.717) is 5.56 Å². The zero-order valence-corrected chi connectivity index (χ0v) is 8.55. The average molecular weight is 237 g/mol. The Hall–Kier alpha value is -2.37. The van der Waals surface area contributed by atoms with Crippen molar-refractivity contribution in [2.45, 2.75) is 6.67 Å². The van der Waals surface area contributed by atoms with Gasteiger partial charge in [0, 0.05) is 11.6 Å². The number of phenols is 1. The standard InChI is InChI=1S/C11H8FNO4/c12-5-6-1-2-9(14)7(3-6)8-4-10(11(15)16)17-13-8/h1-4,14H,5H2,(H,15,16). The molecular weight excluding hydrogens is 229 g/mol. The highest BCUT2D eigenvalue weighted by atomic mass is 19.1. The number of aromatic hydroxyl groups is 1. The summed E-state index contributed by atoms with van der Waals surface area (Å²) in [6.45, 7) is -0.684. The number of carbonyl (C=O) groups is 1. The van der Waals surface area contributed by atoms with Crippen molar-refractivity contribution >= 4 is 5.97 Å². The van der Waals surface area contributed by atoms with Gasteiger partial charge in [-0.25, -0.2) is 9.18 Å². The molecule has 6 heteroatoms. The van der Waals surface area contributed by atoms with E-state index in [4.69, 9.17) is 5.11 Å². The molecule has 0 saturated heterocycles. The zero-order chi connectivity index (χ0) is 12.4. The van der Waals surface area contributed by atoms with Crippen molar-refractivity contribution in [3.05, 3.63) is 35.6 Å². The predicted molar refractivity (Wildman–Crippen MR) is 55.4 cm³/mol. The molecule has 88 valence electrons. The highest BCUT2D eigenvalue weighted by molar-refractivity contribution is 5.86. The van der Waals surface area contributed by atoms with E-state index in [2.05, 4.69) is 9.68 Å². The lowest BCUT2D eigenvalue weighted by atomic mass is 10.1. The maximum Gasteiger partial charge on any atom is 0.374 e. The number of hydrogen-bond donors (Lipinski definition) is 2. The quantitative estimate of drug-likeness (QED) is 0.854. The lowest BCUT2D eigenvalue weighted by molar-refractivity contribution is 0.0652. The Labute approximate surface area is 95.1 Å². The van der Waals surface area contributed by atoms with E-state index in [-0.39, 0.29) is 22.8 Å². The molecule has 0 fully saturated rings. The second-order valence-electron chi connectivity index (χ2n) is 3.37. The Bertz CT molecular complexity index is 564. The molecule has 0 aliphatic heterocycles. The van der Waals surface area contributed by atoms with Crippen LogP contribution in [0.1, 0.15) is 16.1 Å². The van der Waals surface area contributed by atoms with Crippen LogP contribution < -0.4 is 0 Å². The Balaban J connectivity index is 2.47. The number of aromatic carboxylic acids is 1. The molecule has 0 aliphatic carbocycles. The Morgan fingerprint density at radius 3 is 2.76 bits per heavy atom. The summed E-state index contributed by atoms with van der Waals surface area (Å²) in [7, 11) is 0. The van der Waals surface area contributed by atoms with Gasteiger partial charge in [0.25, 0.3) is 0 Å². The Morgan fingerprint density at radius 1 is 1.41 bits per heavy atom. The second kappa shape index (κ2) is 4.25. The molecule has 5 nitrogen and oxygen atoms in total. The number of alkyl halides is 1. The van der Waals surface area contributed by atoms with Crippen molar-refractivity contribution in [1.82, 2.24) is 5.16 Å². The van der Waals surface area contributed by atoms with Gasteiger partial charge in [-0.1, -0.05) is 11.2 Å². The molecule has 0 radical (unpaired) electrons. The van der Waals surface area contributed by atoms with Crippen LogP contribution in [0.3, 0.4) is 0 Å². The first-order chi connectivity index (χ1) is 8.11. The summed E-state index contributed by atoms with van der Waals surface area (Å²) in [5, 5.41) is 21.7. The van der Waals surface area contributed by atoms with Crippen molar-refractivity contribution in [3.8, 4) is 17.0 Å². The highest BCUT2D eigenvalue weighted by Crippen LogP contribution is 2.29. The summed E-state index contributed by atoms with van der Waals surface area (Å²) in [4.78, 5) is 10.6. The fraction of sp³-hybridized carbons (Fsp3) is 0.0909. The van der Waals surface area contributed by atoms with E-state index in [9.17, 15) is 14.3 Å². The SMILES string of the molecule is O=C(O)c1cc(-c2cc(CF)ccc2O)no1. The van der Waals surface area contributed by atoms with Gasteiger partial charge in [0.2, 0.25) is 5.76 Å². The van der Waals surface area contributed by atoms with Crippen LogP contribution in [0.5, 0.6) is 5.75 Å². The number of aromatic nitrogens is 1. The maximum absolute atomic E-state index is 12.5. The smallest absolute Gasteiger partial charge is 0.374 e. The first-order valence-electron chi connectivity index (χ1n) is 4.70. The van der Waals surface area contributed by atoms with Crippen LogP contribution in [0.15, 0.2) is 28.8 Å². The highest BCUT2D eigenvalue weighted by Gasteiger charge is 2.15. The molecule has 0 spiro atoms. The van der Waals surface area contributed by atoms with Crippen LogP contribution in [0.4, 0.5) is 4.39 Å². The van der Waals surface area contributed by atoms with Gasteiger partial charge in [-0.15, -0.1) is 0 Å². The van der Waals surface area contributed by atoms with Gasteiger partial charge in [-0.05, 0) is 17.7 Å². The molecule has 2 N–H and O–H groups in total. The van der Waals surface area contributed by atoms with Crippen molar-refractivity contribution in [1.29, 1.82) is 0 Å². The molecule has 1 aromatic carbocycles. The van der Waals surface area contributed by atoms with E-state index >= 15 is 0 Å². The monoisotopic (exact) mass is 237 g/mol. The molecular formula is C11H8FNO4. The third-order valence-electron chi connectivity index (χ3n) is 2.21. The summed E-state index contributed by atoms with van der Waals surface area (Å²) in [5.74, 6) is -1.72. The number of phenolic OH excluding ortho intramolecular Hbond substituents is 1. The molecule has 0 amide bonds. The third-order valence-corrected chi connectivity index (χ3v) is 2.21. The molecule has 0 atom stereocenters. The third kappa shape index (κ3) is 2.10.